The van der Waals surface area contributed by atoms with E-state index in [0.29, 0.717) is 24.8 Å². The minimum atomic E-state index is -0.671. The molecule has 2 aromatic carbocycles. The zero-order valence-electron chi connectivity index (χ0n) is 17.8. The average Bonchev–Trinajstić information content (AvgIpc) is 3.16. The van der Waals surface area contributed by atoms with Crippen molar-refractivity contribution >= 4 is 17.3 Å². The van der Waals surface area contributed by atoms with E-state index in [0.717, 1.165) is 49.2 Å². The zero-order chi connectivity index (χ0) is 22.2. The molecule has 9 heteroatoms. The van der Waals surface area contributed by atoms with Crippen LogP contribution < -0.4 is 10.2 Å². The maximum atomic E-state index is 13.5. The molecule has 32 heavy (non-hydrogen) atoms. The molecule has 6 nitrogen and oxygen atoms in total. The summed E-state index contributed by atoms with van der Waals surface area (Å²) in [5.41, 5.74) is 3.30. The second kappa shape index (κ2) is 8.46. The maximum absolute atomic E-state index is 13.5. The van der Waals surface area contributed by atoms with Gasteiger partial charge in [0.2, 0.25) is 5.95 Å². The highest BCUT2D eigenvalue weighted by molar-refractivity contribution is 5.65. The second-order valence-electron chi connectivity index (χ2n) is 8.59. The molecule has 2 saturated heterocycles. The van der Waals surface area contributed by atoms with Gasteiger partial charge in [-0.15, -0.1) is 5.10 Å². The molecule has 0 saturated carbocycles. The van der Waals surface area contributed by atoms with E-state index in [1.165, 1.54) is 23.1 Å². The number of rotatable bonds is 5. The number of aromatic nitrogens is 3. The Bertz CT molecular complexity index is 1080. The third-order valence-electron chi connectivity index (χ3n) is 6.12. The van der Waals surface area contributed by atoms with Crippen LogP contribution in [0.2, 0.25) is 0 Å². The number of anilines is 3. The van der Waals surface area contributed by atoms with Gasteiger partial charge in [0.05, 0.1) is 5.69 Å². The van der Waals surface area contributed by atoms with Gasteiger partial charge in [0.15, 0.2) is 0 Å². The first kappa shape index (κ1) is 20.8. The van der Waals surface area contributed by atoms with Crippen molar-refractivity contribution in [1.82, 2.24) is 19.7 Å². The van der Waals surface area contributed by atoms with E-state index in [9.17, 15) is 13.2 Å². The fraction of sp³-hybridized carbons (Fsp3) is 0.391. The van der Waals surface area contributed by atoms with Gasteiger partial charge in [-0.05, 0) is 55.7 Å². The van der Waals surface area contributed by atoms with E-state index in [1.807, 2.05) is 19.1 Å². The molecule has 2 aliphatic heterocycles. The molecular weight excluding hydrogens is 417 g/mol. The first-order valence-corrected chi connectivity index (χ1v) is 10.8. The SMILES string of the molecule is Cc1cc(Nc2ncn(-c3cc(F)cc(F)c3)n2)cc(N2CC(N3CCC(F)CC3)C2)c1. The summed E-state index contributed by atoms with van der Waals surface area (Å²) in [5, 5.41) is 7.46. The Morgan fingerprint density at radius 2 is 1.66 bits per heavy atom. The summed E-state index contributed by atoms with van der Waals surface area (Å²) in [7, 11) is 0. The Balaban J connectivity index is 1.26. The third-order valence-corrected chi connectivity index (χ3v) is 6.12. The van der Waals surface area contributed by atoms with Crippen molar-refractivity contribution in [1.29, 1.82) is 0 Å². The molecule has 3 aromatic rings. The topological polar surface area (TPSA) is 49.2 Å². The lowest BCUT2D eigenvalue weighted by Gasteiger charge is -2.48. The molecule has 1 aromatic heterocycles. The largest absolute Gasteiger partial charge is 0.368 e. The Morgan fingerprint density at radius 1 is 0.938 bits per heavy atom. The lowest BCUT2D eigenvalue weighted by atomic mass is 10.0. The number of aryl methyl sites for hydroxylation is 1. The van der Waals surface area contributed by atoms with Crippen LogP contribution in [0.5, 0.6) is 0 Å². The van der Waals surface area contributed by atoms with Crippen molar-refractivity contribution in [3.63, 3.8) is 0 Å². The molecule has 2 aliphatic rings. The minimum absolute atomic E-state index is 0.261. The van der Waals surface area contributed by atoms with E-state index >= 15 is 0 Å². The number of alkyl halides is 1. The third kappa shape index (κ3) is 4.43. The van der Waals surface area contributed by atoms with Gasteiger partial charge < -0.3 is 10.2 Å². The smallest absolute Gasteiger partial charge is 0.246 e. The van der Waals surface area contributed by atoms with Crippen molar-refractivity contribution in [3.8, 4) is 5.69 Å². The molecule has 168 valence electrons. The number of nitrogens with zero attached hydrogens (tertiary/aromatic N) is 5. The summed E-state index contributed by atoms with van der Waals surface area (Å²) in [5.74, 6) is -1.01. The van der Waals surface area contributed by atoms with Crippen LogP contribution in [0, 0.1) is 18.6 Å². The van der Waals surface area contributed by atoms with Crippen LogP contribution in [0.4, 0.5) is 30.5 Å². The molecule has 3 heterocycles. The van der Waals surface area contributed by atoms with Gasteiger partial charge in [0, 0.05) is 49.7 Å². The average molecular weight is 442 g/mol. The standard InChI is InChI=1S/C23H25F3N6/c1-15-6-19(28-23-27-14-32(29-23)21-9-17(25)8-18(26)10-21)11-20(7-15)31-12-22(13-31)30-4-2-16(24)3-5-30/h6-11,14,16,22H,2-5,12-13H2,1H3,(H,28,29). The van der Waals surface area contributed by atoms with Gasteiger partial charge >= 0.3 is 0 Å². The number of likely N-dealkylation sites (tertiary alicyclic amines) is 1. The van der Waals surface area contributed by atoms with Gasteiger partial charge in [0.1, 0.15) is 24.1 Å². The molecule has 0 amide bonds. The Labute approximate surface area is 184 Å². The number of hydrogen-bond donors (Lipinski definition) is 1. The van der Waals surface area contributed by atoms with Crippen LogP contribution in [0.1, 0.15) is 18.4 Å². The molecule has 0 atom stereocenters. The summed E-state index contributed by atoms with van der Waals surface area (Å²) in [6.45, 7) is 5.56. The molecular formula is C23H25F3N6. The first-order chi connectivity index (χ1) is 15.4. The van der Waals surface area contributed by atoms with Gasteiger partial charge in [-0.3, -0.25) is 4.90 Å². The molecule has 0 radical (unpaired) electrons. The van der Waals surface area contributed by atoms with Gasteiger partial charge in [-0.2, -0.15) is 4.98 Å². The number of benzene rings is 2. The Kier molecular flexibility index (Phi) is 5.50. The predicted molar refractivity (Wildman–Crippen MR) is 117 cm³/mol. The number of hydrogen-bond acceptors (Lipinski definition) is 5. The Morgan fingerprint density at radius 3 is 2.38 bits per heavy atom. The molecule has 2 fully saturated rings. The van der Waals surface area contributed by atoms with Crippen LogP contribution in [0.15, 0.2) is 42.7 Å². The van der Waals surface area contributed by atoms with Gasteiger partial charge in [-0.25, -0.2) is 17.9 Å². The number of nitrogens with one attached hydrogen (secondary N) is 1. The van der Waals surface area contributed by atoms with E-state index < -0.39 is 17.8 Å². The maximum Gasteiger partial charge on any atom is 0.246 e. The van der Waals surface area contributed by atoms with Gasteiger partial charge in [-0.1, -0.05) is 0 Å². The quantitative estimate of drug-likeness (QED) is 0.641. The summed E-state index contributed by atoms with van der Waals surface area (Å²) >= 11 is 0. The highest BCUT2D eigenvalue weighted by Crippen LogP contribution is 2.30. The van der Waals surface area contributed by atoms with Crippen molar-refractivity contribution in [2.75, 3.05) is 36.4 Å². The van der Waals surface area contributed by atoms with E-state index in [4.69, 9.17) is 0 Å². The van der Waals surface area contributed by atoms with Crippen LogP contribution in [0.25, 0.3) is 5.69 Å². The molecule has 0 unspecified atom stereocenters. The Hall–Kier alpha value is -3.07. The monoisotopic (exact) mass is 442 g/mol. The van der Waals surface area contributed by atoms with Crippen LogP contribution >= 0.6 is 0 Å². The summed E-state index contributed by atoms with van der Waals surface area (Å²) in [6, 6.07) is 9.86. The lowest BCUT2D eigenvalue weighted by molar-refractivity contribution is 0.0963. The number of piperidine rings is 1. The summed E-state index contributed by atoms with van der Waals surface area (Å²) in [6.07, 6.45) is 2.03. The van der Waals surface area contributed by atoms with Crippen molar-refractivity contribution in [2.45, 2.75) is 32.0 Å². The molecule has 0 bridgehead atoms. The molecule has 0 spiro atoms. The van der Waals surface area contributed by atoms with E-state index in [-0.39, 0.29) is 5.69 Å². The second-order valence-corrected chi connectivity index (χ2v) is 8.59. The van der Waals surface area contributed by atoms with Crippen LogP contribution in [0.3, 0.4) is 0 Å². The normalized spacial score (nSPS) is 18.1. The van der Waals surface area contributed by atoms with Gasteiger partial charge in [0.25, 0.3) is 0 Å². The van der Waals surface area contributed by atoms with Crippen molar-refractivity contribution < 1.29 is 13.2 Å². The highest BCUT2D eigenvalue weighted by Gasteiger charge is 2.34. The fourth-order valence-corrected chi connectivity index (χ4v) is 4.39. The molecule has 5 rings (SSSR count). The highest BCUT2D eigenvalue weighted by atomic mass is 19.1. The fourth-order valence-electron chi connectivity index (χ4n) is 4.39. The molecule has 0 aliphatic carbocycles. The molecule has 1 N–H and O–H groups in total. The number of halogens is 3. The van der Waals surface area contributed by atoms with Crippen molar-refractivity contribution in [3.05, 3.63) is 59.9 Å². The van der Waals surface area contributed by atoms with Crippen LogP contribution in [-0.2, 0) is 0 Å². The zero-order valence-corrected chi connectivity index (χ0v) is 17.8. The van der Waals surface area contributed by atoms with E-state index in [2.05, 4.69) is 31.3 Å². The van der Waals surface area contributed by atoms with Crippen molar-refractivity contribution in [2.24, 2.45) is 0 Å². The minimum Gasteiger partial charge on any atom is -0.368 e. The summed E-state index contributed by atoms with van der Waals surface area (Å²) in [4.78, 5) is 8.92. The van der Waals surface area contributed by atoms with Crippen LogP contribution in [-0.4, -0.2) is 58.1 Å². The lowest BCUT2D eigenvalue weighted by Crippen LogP contribution is -2.61. The first-order valence-electron chi connectivity index (χ1n) is 10.8. The summed E-state index contributed by atoms with van der Waals surface area (Å²) < 4.78 is 41.7. The van der Waals surface area contributed by atoms with E-state index in [1.54, 1.807) is 0 Å². The predicted octanol–water partition coefficient (Wildman–Crippen LogP) is 4.22.